The van der Waals surface area contributed by atoms with Gasteiger partial charge >= 0.3 is 13.0 Å². The SMILES string of the molecule is OB(Oc1c(F)c(F)c(F)c2c1C(F)(F)c1c(F)c(F)c(F)c(F)c1-2)c1c(F)c(F)c(F)c(F)c1-c1c(F)c(F)c(F)c(F)c1F. The minimum atomic E-state index is -5.52. The molecule has 5 rings (SSSR count). The van der Waals surface area contributed by atoms with E-state index in [2.05, 4.69) is 4.65 Å². The number of hydrogen-bond donors (Lipinski definition) is 1. The molecule has 4 aromatic carbocycles. The van der Waals surface area contributed by atoms with Gasteiger partial charge in [-0.1, -0.05) is 0 Å². The van der Waals surface area contributed by atoms with Gasteiger partial charge in [0.15, 0.2) is 87.2 Å². The van der Waals surface area contributed by atoms with Gasteiger partial charge in [0.05, 0.1) is 16.7 Å². The summed E-state index contributed by atoms with van der Waals surface area (Å²) >= 11 is 0. The predicted molar refractivity (Wildman–Crippen MR) is 114 cm³/mol. The van der Waals surface area contributed by atoms with Gasteiger partial charge in [-0.05, 0) is 0 Å². The first-order valence-electron chi connectivity index (χ1n) is 11.4. The summed E-state index contributed by atoms with van der Waals surface area (Å²) in [5.74, 6) is -56.1. The molecule has 0 aromatic heterocycles. The topological polar surface area (TPSA) is 29.5 Å². The Kier molecular flexibility index (Phi) is 7.49. The van der Waals surface area contributed by atoms with Crippen LogP contribution in [0.15, 0.2) is 0 Å². The summed E-state index contributed by atoms with van der Waals surface area (Å²) in [5.41, 5.74) is -17.8. The molecule has 1 aliphatic carbocycles. The fourth-order valence-electron chi connectivity index (χ4n) is 4.69. The van der Waals surface area contributed by atoms with Crippen molar-refractivity contribution in [1.29, 1.82) is 0 Å². The van der Waals surface area contributed by atoms with Gasteiger partial charge in [-0.2, -0.15) is 13.2 Å². The summed E-state index contributed by atoms with van der Waals surface area (Å²) in [5, 5.41) is 10.4. The average Bonchev–Trinajstić information content (AvgIpc) is 3.26. The van der Waals surface area contributed by atoms with Crippen LogP contribution < -0.4 is 10.1 Å². The fraction of sp³-hybridized carbons (Fsp3) is 0.0400. The normalized spacial score (nSPS) is 13.3. The molecule has 4 aromatic rings. The third-order valence-corrected chi connectivity index (χ3v) is 6.67. The van der Waals surface area contributed by atoms with Gasteiger partial charge in [-0.3, -0.25) is 0 Å². The van der Waals surface area contributed by atoms with Crippen LogP contribution in [0.1, 0.15) is 11.1 Å². The third-order valence-electron chi connectivity index (χ3n) is 6.67. The molecule has 1 aliphatic rings. The molecule has 0 spiro atoms. The van der Waals surface area contributed by atoms with Gasteiger partial charge in [0.25, 0.3) is 0 Å². The lowest BCUT2D eigenvalue weighted by Crippen LogP contribution is -2.43. The zero-order valence-corrected chi connectivity index (χ0v) is 20.7. The van der Waals surface area contributed by atoms with Crippen LogP contribution in [0.25, 0.3) is 22.3 Å². The molecule has 0 atom stereocenters. The highest BCUT2D eigenvalue weighted by Crippen LogP contribution is 2.58. The lowest BCUT2D eigenvalue weighted by atomic mass is 9.73. The van der Waals surface area contributed by atoms with Crippen molar-refractivity contribution in [1.82, 2.24) is 0 Å². The highest BCUT2D eigenvalue weighted by molar-refractivity contribution is 6.62. The molecule has 46 heavy (non-hydrogen) atoms. The number of alkyl halides is 2. The second kappa shape index (κ2) is 10.5. The smallest absolute Gasteiger partial charge is 0.530 e. The molecular weight excluding hydrogens is 685 g/mol. The molecule has 0 saturated heterocycles. The third kappa shape index (κ3) is 4.09. The second-order valence-electron chi connectivity index (χ2n) is 9.06. The van der Waals surface area contributed by atoms with E-state index < -0.39 is 151 Å². The zero-order valence-electron chi connectivity index (χ0n) is 20.7. The standard InChI is InChI=1S/C25HBF18O2/c27-8-1-2-6(25(43,44)5(1)13(32)20(39)15(8)34)24(23(42)19(38)9(2)28)46-26(45)7-3(10(29)16(35)21(40)14(7)33)4-11(30)17(36)22(41)18(37)12(4)31/h45H. The van der Waals surface area contributed by atoms with Crippen LogP contribution in [0.4, 0.5) is 79.0 Å². The summed E-state index contributed by atoms with van der Waals surface area (Å²) in [7, 11) is -4.03. The maximum absolute atomic E-state index is 15.3. The lowest BCUT2D eigenvalue weighted by Gasteiger charge is -2.22. The van der Waals surface area contributed by atoms with Gasteiger partial charge in [0.1, 0.15) is 0 Å². The summed E-state index contributed by atoms with van der Waals surface area (Å²) in [6.07, 6.45) is 0. The molecule has 0 heterocycles. The summed E-state index contributed by atoms with van der Waals surface area (Å²) in [4.78, 5) is 0. The average molecular weight is 686 g/mol. The molecular formula is C25HBF18O2. The quantitative estimate of drug-likeness (QED) is 0.105. The Labute approximate surface area is 240 Å². The monoisotopic (exact) mass is 686 g/mol. The van der Waals surface area contributed by atoms with Gasteiger partial charge in [0.2, 0.25) is 11.6 Å². The van der Waals surface area contributed by atoms with E-state index >= 15 is 8.78 Å². The Morgan fingerprint density at radius 1 is 0.370 bits per heavy atom. The maximum Gasteiger partial charge on any atom is 0.564 e. The van der Waals surface area contributed by atoms with E-state index in [0.29, 0.717) is 0 Å². The Morgan fingerprint density at radius 2 is 0.696 bits per heavy atom. The maximum atomic E-state index is 15.3. The molecule has 2 nitrogen and oxygen atoms in total. The molecule has 0 aliphatic heterocycles. The molecule has 0 fully saturated rings. The first-order valence-corrected chi connectivity index (χ1v) is 11.4. The van der Waals surface area contributed by atoms with Crippen LogP contribution in [-0.4, -0.2) is 12.1 Å². The van der Waals surface area contributed by atoms with E-state index in [1.165, 1.54) is 0 Å². The van der Waals surface area contributed by atoms with Crippen LogP contribution in [0.3, 0.4) is 0 Å². The van der Waals surface area contributed by atoms with Crippen LogP contribution in [0, 0.1) is 93.1 Å². The van der Waals surface area contributed by atoms with Gasteiger partial charge in [-0.25, -0.2) is 65.9 Å². The highest BCUT2D eigenvalue weighted by Gasteiger charge is 2.56. The van der Waals surface area contributed by atoms with Crippen LogP contribution in [-0.2, 0) is 5.92 Å². The number of hydrogen-bond acceptors (Lipinski definition) is 2. The summed E-state index contributed by atoms with van der Waals surface area (Å²) in [6.45, 7) is 0. The Hall–Kier alpha value is -4.56. The molecule has 1 N–H and O–H groups in total. The molecule has 0 bridgehead atoms. The van der Waals surface area contributed by atoms with Gasteiger partial charge in [-0.15, -0.1) is 0 Å². The van der Waals surface area contributed by atoms with E-state index in [-0.39, 0.29) is 0 Å². The fourth-order valence-corrected chi connectivity index (χ4v) is 4.69. The van der Waals surface area contributed by atoms with E-state index in [1.807, 2.05) is 0 Å². The number of fused-ring (bicyclic) bond motifs is 3. The van der Waals surface area contributed by atoms with E-state index in [4.69, 9.17) is 0 Å². The van der Waals surface area contributed by atoms with Crippen molar-refractivity contribution in [2.24, 2.45) is 0 Å². The lowest BCUT2D eigenvalue weighted by molar-refractivity contribution is 0.0404. The zero-order chi connectivity index (χ0) is 34.6. The van der Waals surface area contributed by atoms with Crippen LogP contribution in [0.2, 0.25) is 0 Å². The van der Waals surface area contributed by atoms with Gasteiger partial charge < -0.3 is 9.68 Å². The van der Waals surface area contributed by atoms with Crippen molar-refractivity contribution < 1.29 is 88.7 Å². The first-order chi connectivity index (χ1) is 21.2. The van der Waals surface area contributed by atoms with Crippen LogP contribution in [0.5, 0.6) is 5.75 Å². The number of halogens is 18. The molecule has 0 saturated carbocycles. The molecule has 0 unspecified atom stereocenters. The molecule has 0 amide bonds. The van der Waals surface area contributed by atoms with E-state index in [9.17, 15) is 75.3 Å². The van der Waals surface area contributed by atoms with Crippen molar-refractivity contribution in [3.63, 3.8) is 0 Å². The van der Waals surface area contributed by atoms with Crippen molar-refractivity contribution in [3.8, 4) is 28.0 Å². The van der Waals surface area contributed by atoms with Crippen molar-refractivity contribution in [3.05, 3.63) is 104 Å². The molecule has 0 radical (unpaired) electrons. The number of benzene rings is 4. The van der Waals surface area contributed by atoms with E-state index in [0.717, 1.165) is 0 Å². The largest absolute Gasteiger partial charge is 0.564 e. The van der Waals surface area contributed by atoms with E-state index in [1.54, 1.807) is 0 Å². The van der Waals surface area contributed by atoms with Gasteiger partial charge in [0, 0.05) is 22.2 Å². The Bertz CT molecular complexity index is 2020. The molecule has 242 valence electrons. The van der Waals surface area contributed by atoms with Crippen molar-refractivity contribution in [2.45, 2.75) is 5.92 Å². The predicted octanol–water partition coefficient (Wildman–Crippen LogP) is 7.47. The number of rotatable bonds is 4. The molecule has 21 heteroatoms. The van der Waals surface area contributed by atoms with Crippen LogP contribution >= 0.6 is 0 Å². The summed E-state index contributed by atoms with van der Waals surface area (Å²) < 4.78 is 264. The Balaban J connectivity index is 1.84. The van der Waals surface area contributed by atoms with Crippen molar-refractivity contribution >= 4 is 12.6 Å². The summed E-state index contributed by atoms with van der Waals surface area (Å²) in [6, 6.07) is 0. The highest BCUT2D eigenvalue weighted by atomic mass is 19.3. The Morgan fingerprint density at radius 3 is 1.17 bits per heavy atom. The first kappa shape index (κ1) is 32.8. The minimum Gasteiger partial charge on any atom is -0.530 e. The van der Waals surface area contributed by atoms with Crippen molar-refractivity contribution in [2.75, 3.05) is 0 Å². The minimum absolute atomic E-state index is 2.29. The second-order valence-corrected chi connectivity index (χ2v) is 9.06.